The number of aliphatic imine (C=N–C) groups is 1. The Bertz CT molecular complexity index is 758. The summed E-state index contributed by atoms with van der Waals surface area (Å²) in [7, 11) is 0. The summed E-state index contributed by atoms with van der Waals surface area (Å²) in [5.41, 5.74) is 0.881. The summed E-state index contributed by atoms with van der Waals surface area (Å²) in [6.07, 6.45) is 0. The molecule has 3 nitrogen and oxygen atoms in total. The Hall–Kier alpha value is -2.20. The van der Waals surface area contributed by atoms with Crippen molar-refractivity contribution in [2.45, 2.75) is 18.7 Å². The summed E-state index contributed by atoms with van der Waals surface area (Å²) < 4.78 is 13.6. The number of hydrogen-bond donors (Lipinski definition) is 1. The lowest BCUT2D eigenvalue weighted by molar-refractivity contribution is -0.0267. The zero-order valence-corrected chi connectivity index (χ0v) is 11.6. The summed E-state index contributed by atoms with van der Waals surface area (Å²) in [5.74, 6) is 0.445. The van der Waals surface area contributed by atoms with E-state index in [-0.39, 0.29) is 11.9 Å². The van der Waals surface area contributed by atoms with E-state index in [0.717, 1.165) is 17.0 Å². The van der Waals surface area contributed by atoms with Crippen LogP contribution >= 0.6 is 0 Å². The molecule has 0 saturated heterocycles. The summed E-state index contributed by atoms with van der Waals surface area (Å²) in [4.78, 5) is 6.50. The predicted octanol–water partition coefficient (Wildman–Crippen LogP) is 2.48. The van der Waals surface area contributed by atoms with Crippen molar-refractivity contribution in [2.75, 3.05) is 6.54 Å². The minimum Gasteiger partial charge on any atom is -0.363 e. The molecule has 0 fully saturated rings. The van der Waals surface area contributed by atoms with Crippen LogP contribution in [0.2, 0.25) is 0 Å². The van der Waals surface area contributed by atoms with Gasteiger partial charge in [-0.1, -0.05) is 36.4 Å². The number of rotatable bonds is 1. The van der Waals surface area contributed by atoms with Gasteiger partial charge in [-0.15, -0.1) is 0 Å². The summed E-state index contributed by atoms with van der Waals surface area (Å²) in [5, 5.41) is 11.4. The number of halogens is 1. The second kappa shape index (κ2) is 4.15. The van der Waals surface area contributed by atoms with Crippen LogP contribution in [-0.4, -0.2) is 28.4 Å². The third-order valence-electron chi connectivity index (χ3n) is 4.21. The first-order chi connectivity index (χ1) is 10.1. The second-order valence-electron chi connectivity index (χ2n) is 5.64. The molecular formula is C17H15FN2O. The van der Waals surface area contributed by atoms with Gasteiger partial charge in [-0.2, -0.15) is 0 Å². The van der Waals surface area contributed by atoms with Gasteiger partial charge in [0.25, 0.3) is 0 Å². The Kier molecular flexibility index (Phi) is 2.48. The van der Waals surface area contributed by atoms with E-state index in [2.05, 4.69) is 4.99 Å². The van der Waals surface area contributed by atoms with Crippen molar-refractivity contribution in [3.8, 4) is 0 Å². The van der Waals surface area contributed by atoms with Crippen molar-refractivity contribution in [2.24, 2.45) is 4.99 Å². The Morgan fingerprint density at radius 3 is 2.86 bits per heavy atom. The molecule has 2 aliphatic rings. The Labute approximate surface area is 122 Å². The molecule has 0 radical (unpaired) electrons. The van der Waals surface area contributed by atoms with Gasteiger partial charge >= 0.3 is 0 Å². The molecule has 2 aromatic rings. The number of amidine groups is 1. The monoisotopic (exact) mass is 282 g/mol. The standard InChI is InChI=1S/C17H15FN2O/c1-11-10-20-16(19-11)14-7-2-3-8-15(14)17(20,21)12-5-4-6-13(18)9-12/h2-9,11,21H,10H2,1H3. The zero-order chi connectivity index (χ0) is 14.6. The summed E-state index contributed by atoms with van der Waals surface area (Å²) in [6.45, 7) is 2.64. The van der Waals surface area contributed by atoms with E-state index in [9.17, 15) is 9.50 Å². The SMILES string of the molecule is CC1CN2C(=N1)c1ccccc1C2(O)c1cccc(F)c1. The molecule has 4 rings (SSSR count). The Balaban J connectivity index is 1.98. The van der Waals surface area contributed by atoms with Crippen LogP contribution in [0.1, 0.15) is 23.6 Å². The summed E-state index contributed by atoms with van der Waals surface area (Å²) in [6, 6.07) is 13.9. The number of aliphatic hydroxyl groups is 1. The maximum atomic E-state index is 13.6. The van der Waals surface area contributed by atoms with E-state index in [0.29, 0.717) is 12.1 Å². The molecule has 0 bridgehead atoms. The van der Waals surface area contributed by atoms with Gasteiger partial charge in [0.05, 0.1) is 6.04 Å². The quantitative estimate of drug-likeness (QED) is 0.872. The average Bonchev–Trinajstić information content (AvgIpc) is 2.97. The highest BCUT2D eigenvalue weighted by atomic mass is 19.1. The Morgan fingerprint density at radius 1 is 1.24 bits per heavy atom. The van der Waals surface area contributed by atoms with Gasteiger partial charge in [-0.25, -0.2) is 4.39 Å². The first kappa shape index (κ1) is 12.5. The van der Waals surface area contributed by atoms with E-state index < -0.39 is 5.72 Å². The van der Waals surface area contributed by atoms with Crippen LogP contribution in [0.4, 0.5) is 4.39 Å². The maximum absolute atomic E-state index is 13.6. The predicted molar refractivity (Wildman–Crippen MR) is 78.5 cm³/mol. The summed E-state index contributed by atoms with van der Waals surface area (Å²) >= 11 is 0. The normalized spacial score (nSPS) is 26.5. The Morgan fingerprint density at radius 2 is 2.05 bits per heavy atom. The van der Waals surface area contributed by atoms with Crippen LogP contribution in [0.25, 0.3) is 0 Å². The lowest BCUT2D eigenvalue weighted by atomic mass is 9.93. The van der Waals surface area contributed by atoms with E-state index in [1.807, 2.05) is 36.1 Å². The molecule has 2 heterocycles. The van der Waals surface area contributed by atoms with Crippen molar-refractivity contribution in [1.82, 2.24) is 4.90 Å². The molecule has 0 aliphatic carbocycles. The van der Waals surface area contributed by atoms with Gasteiger partial charge < -0.3 is 10.0 Å². The topological polar surface area (TPSA) is 35.8 Å². The molecular weight excluding hydrogens is 267 g/mol. The molecule has 2 aromatic carbocycles. The fourth-order valence-electron chi connectivity index (χ4n) is 3.31. The highest BCUT2D eigenvalue weighted by molar-refractivity contribution is 6.05. The number of nitrogens with zero attached hydrogens (tertiary/aromatic N) is 2. The van der Waals surface area contributed by atoms with E-state index in [1.165, 1.54) is 12.1 Å². The van der Waals surface area contributed by atoms with Crippen LogP contribution in [0, 0.1) is 5.82 Å². The smallest absolute Gasteiger partial charge is 0.193 e. The highest BCUT2D eigenvalue weighted by Crippen LogP contribution is 2.44. The highest BCUT2D eigenvalue weighted by Gasteiger charge is 2.50. The maximum Gasteiger partial charge on any atom is 0.193 e. The van der Waals surface area contributed by atoms with Gasteiger partial charge in [0.1, 0.15) is 11.7 Å². The van der Waals surface area contributed by atoms with Crippen LogP contribution in [0.15, 0.2) is 53.5 Å². The van der Waals surface area contributed by atoms with Crippen LogP contribution in [-0.2, 0) is 5.72 Å². The largest absolute Gasteiger partial charge is 0.363 e. The van der Waals surface area contributed by atoms with Gasteiger partial charge in [0.15, 0.2) is 5.72 Å². The fraction of sp³-hybridized carbons (Fsp3) is 0.235. The molecule has 0 amide bonds. The molecule has 2 atom stereocenters. The van der Waals surface area contributed by atoms with Crippen molar-refractivity contribution in [3.63, 3.8) is 0 Å². The third kappa shape index (κ3) is 1.59. The van der Waals surface area contributed by atoms with Crippen LogP contribution < -0.4 is 0 Å². The molecule has 1 N–H and O–H groups in total. The molecule has 106 valence electrons. The first-order valence-corrected chi connectivity index (χ1v) is 7.04. The molecule has 4 heteroatoms. The van der Waals surface area contributed by atoms with Gasteiger partial charge in [0.2, 0.25) is 0 Å². The first-order valence-electron chi connectivity index (χ1n) is 7.04. The fourth-order valence-corrected chi connectivity index (χ4v) is 3.31. The molecule has 0 spiro atoms. The van der Waals surface area contributed by atoms with E-state index in [4.69, 9.17) is 0 Å². The third-order valence-corrected chi connectivity index (χ3v) is 4.21. The second-order valence-corrected chi connectivity index (χ2v) is 5.64. The molecule has 0 aromatic heterocycles. The number of benzene rings is 2. The zero-order valence-electron chi connectivity index (χ0n) is 11.6. The lowest BCUT2D eigenvalue weighted by Gasteiger charge is -2.34. The van der Waals surface area contributed by atoms with Gasteiger partial charge in [0, 0.05) is 23.2 Å². The molecule has 2 aliphatic heterocycles. The van der Waals surface area contributed by atoms with Crippen molar-refractivity contribution >= 4 is 5.84 Å². The lowest BCUT2D eigenvalue weighted by Crippen LogP contribution is -2.44. The minimum atomic E-state index is -1.34. The van der Waals surface area contributed by atoms with Gasteiger partial charge in [-0.3, -0.25) is 4.99 Å². The average molecular weight is 282 g/mol. The van der Waals surface area contributed by atoms with Crippen molar-refractivity contribution in [3.05, 3.63) is 71.0 Å². The van der Waals surface area contributed by atoms with Crippen LogP contribution in [0.3, 0.4) is 0 Å². The molecule has 21 heavy (non-hydrogen) atoms. The van der Waals surface area contributed by atoms with Gasteiger partial charge in [-0.05, 0) is 19.1 Å². The van der Waals surface area contributed by atoms with Crippen molar-refractivity contribution < 1.29 is 9.50 Å². The molecule has 0 saturated carbocycles. The van der Waals surface area contributed by atoms with E-state index in [1.54, 1.807) is 12.1 Å². The molecule has 2 unspecified atom stereocenters. The minimum absolute atomic E-state index is 0.119. The van der Waals surface area contributed by atoms with Crippen LogP contribution in [0.5, 0.6) is 0 Å². The van der Waals surface area contributed by atoms with E-state index >= 15 is 0 Å². The number of fused-ring (bicyclic) bond motifs is 3. The van der Waals surface area contributed by atoms with Crippen molar-refractivity contribution in [1.29, 1.82) is 0 Å². The number of hydrogen-bond acceptors (Lipinski definition) is 3.